The molecule has 1 amide bonds. The van der Waals surface area contributed by atoms with E-state index in [1.54, 1.807) is 27.1 Å². The van der Waals surface area contributed by atoms with Gasteiger partial charge in [0.15, 0.2) is 5.71 Å². The summed E-state index contributed by atoms with van der Waals surface area (Å²) < 4.78 is 0. The Morgan fingerprint density at radius 2 is 1.90 bits per heavy atom. The van der Waals surface area contributed by atoms with Gasteiger partial charge in [-0.2, -0.15) is 0 Å². The molecule has 29 heavy (non-hydrogen) atoms. The van der Waals surface area contributed by atoms with Crippen LogP contribution < -0.4 is 5.30 Å². The van der Waals surface area contributed by atoms with Gasteiger partial charge in [-0.25, -0.2) is 0 Å². The normalized spacial score (nSPS) is 11.3. The summed E-state index contributed by atoms with van der Waals surface area (Å²) in [5.74, 6) is 5.75. The number of oxime groups is 2. The summed E-state index contributed by atoms with van der Waals surface area (Å²) in [4.78, 5) is 24.2. The highest BCUT2D eigenvalue weighted by atomic mass is 31.0. The Labute approximate surface area is 173 Å². The smallest absolute Gasteiger partial charge is 0.276 e. The summed E-state index contributed by atoms with van der Waals surface area (Å²) >= 11 is 0. The number of hydrogen-bond donors (Lipinski definition) is 0. The Hall–Kier alpha value is -3.16. The van der Waals surface area contributed by atoms with Crippen molar-refractivity contribution in [1.29, 1.82) is 0 Å². The highest BCUT2D eigenvalue weighted by molar-refractivity contribution is 7.27. The Kier molecular flexibility index (Phi) is 8.39. The van der Waals surface area contributed by atoms with Crippen LogP contribution in [0.2, 0.25) is 0 Å². The second kappa shape index (κ2) is 11.0. The van der Waals surface area contributed by atoms with Gasteiger partial charge in [0, 0.05) is 30.8 Å². The van der Waals surface area contributed by atoms with Crippen molar-refractivity contribution in [3.05, 3.63) is 65.2 Å². The van der Waals surface area contributed by atoms with E-state index in [4.69, 9.17) is 9.68 Å². The van der Waals surface area contributed by atoms with E-state index in [9.17, 15) is 4.79 Å². The SMILES string of the molecule is CO/N=C(/C(=O)N(C)C)c1ccccc1CO/N=C(\C)C#Cc1cccc(P)c1. The molecule has 0 aliphatic carbocycles. The lowest BCUT2D eigenvalue weighted by Gasteiger charge is -2.14. The van der Waals surface area contributed by atoms with Crippen molar-refractivity contribution in [2.75, 3.05) is 21.2 Å². The minimum Gasteiger partial charge on any atom is -0.398 e. The van der Waals surface area contributed by atoms with E-state index in [-0.39, 0.29) is 18.2 Å². The summed E-state index contributed by atoms with van der Waals surface area (Å²) in [5, 5.41) is 9.02. The summed E-state index contributed by atoms with van der Waals surface area (Å²) in [5.41, 5.74) is 3.05. The molecule has 1 atom stereocenters. The number of carbonyl (C=O) groups is 1. The molecular weight excluding hydrogens is 385 g/mol. The summed E-state index contributed by atoms with van der Waals surface area (Å²) in [7, 11) is 7.36. The van der Waals surface area contributed by atoms with Crippen molar-refractivity contribution < 1.29 is 14.5 Å². The van der Waals surface area contributed by atoms with Crippen LogP contribution in [0.4, 0.5) is 0 Å². The standard InChI is InChI=1S/C22H24N3O3P/c1-16(12-13-17-8-7-10-19(29)14-17)23-28-15-18-9-5-6-11-20(18)21(24-27-4)22(26)25(2)3/h5-11,14H,15,29H2,1-4H3/b23-16+,24-21+. The molecule has 0 spiro atoms. The second-order valence-corrected chi connectivity index (χ2v) is 6.97. The van der Waals surface area contributed by atoms with Crippen molar-refractivity contribution in [2.45, 2.75) is 13.5 Å². The van der Waals surface area contributed by atoms with Crippen LogP contribution in [-0.2, 0) is 21.1 Å². The van der Waals surface area contributed by atoms with Crippen LogP contribution in [0.5, 0.6) is 0 Å². The van der Waals surface area contributed by atoms with Gasteiger partial charge in [-0.3, -0.25) is 4.79 Å². The van der Waals surface area contributed by atoms with E-state index in [0.717, 1.165) is 16.4 Å². The van der Waals surface area contributed by atoms with Gasteiger partial charge in [0.25, 0.3) is 5.91 Å². The topological polar surface area (TPSA) is 63.5 Å². The van der Waals surface area contributed by atoms with Crippen LogP contribution in [0.15, 0.2) is 58.8 Å². The zero-order valence-electron chi connectivity index (χ0n) is 17.0. The third kappa shape index (κ3) is 6.74. The molecule has 2 aromatic rings. The van der Waals surface area contributed by atoms with Crippen molar-refractivity contribution >= 4 is 31.9 Å². The van der Waals surface area contributed by atoms with E-state index in [1.807, 2.05) is 42.5 Å². The molecule has 2 aromatic carbocycles. The van der Waals surface area contributed by atoms with E-state index in [2.05, 4.69) is 31.4 Å². The van der Waals surface area contributed by atoms with Gasteiger partial charge in [0.1, 0.15) is 19.4 Å². The minimum atomic E-state index is -0.263. The first-order valence-electron chi connectivity index (χ1n) is 8.87. The van der Waals surface area contributed by atoms with Gasteiger partial charge >= 0.3 is 0 Å². The average Bonchev–Trinajstić information content (AvgIpc) is 2.70. The predicted molar refractivity (Wildman–Crippen MR) is 119 cm³/mol. The first-order valence-corrected chi connectivity index (χ1v) is 9.45. The highest BCUT2D eigenvalue weighted by Gasteiger charge is 2.20. The van der Waals surface area contributed by atoms with Gasteiger partial charge in [-0.05, 0) is 30.3 Å². The molecule has 0 radical (unpaired) electrons. The zero-order valence-corrected chi connectivity index (χ0v) is 18.1. The van der Waals surface area contributed by atoms with Crippen LogP contribution in [0.1, 0.15) is 23.6 Å². The third-order valence-corrected chi connectivity index (χ3v) is 4.12. The van der Waals surface area contributed by atoms with Crippen molar-refractivity contribution in [1.82, 2.24) is 4.90 Å². The summed E-state index contributed by atoms with van der Waals surface area (Å²) in [6, 6.07) is 15.2. The lowest BCUT2D eigenvalue weighted by atomic mass is 10.0. The fourth-order valence-electron chi connectivity index (χ4n) is 2.38. The van der Waals surface area contributed by atoms with Crippen LogP contribution in [0.3, 0.4) is 0 Å². The first-order chi connectivity index (χ1) is 13.9. The van der Waals surface area contributed by atoms with Crippen LogP contribution in [0, 0.1) is 11.8 Å². The molecule has 0 bridgehead atoms. The zero-order chi connectivity index (χ0) is 21.2. The van der Waals surface area contributed by atoms with Gasteiger partial charge in [-0.1, -0.05) is 52.6 Å². The molecule has 0 aromatic heterocycles. The molecule has 0 aliphatic heterocycles. The van der Waals surface area contributed by atoms with Crippen LogP contribution in [0.25, 0.3) is 0 Å². The Balaban J connectivity index is 2.14. The first kappa shape index (κ1) is 22.1. The molecule has 7 heteroatoms. The van der Waals surface area contributed by atoms with Crippen LogP contribution in [-0.4, -0.2) is 43.4 Å². The number of nitrogens with zero attached hydrogens (tertiary/aromatic N) is 3. The molecule has 2 rings (SSSR count). The molecule has 0 heterocycles. The third-order valence-electron chi connectivity index (χ3n) is 3.76. The average molecular weight is 409 g/mol. The molecule has 0 saturated heterocycles. The maximum Gasteiger partial charge on any atom is 0.276 e. The molecule has 0 fully saturated rings. The molecule has 0 N–H and O–H groups in total. The van der Waals surface area contributed by atoms with Crippen molar-refractivity contribution in [2.24, 2.45) is 10.3 Å². The predicted octanol–water partition coefficient (Wildman–Crippen LogP) is 2.57. The van der Waals surface area contributed by atoms with E-state index < -0.39 is 0 Å². The van der Waals surface area contributed by atoms with Gasteiger partial charge in [0.2, 0.25) is 0 Å². The van der Waals surface area contributed by atoms with Gasteiger partial charge in [-0.15, -0.1) is 9.24 Å². The molecule has 6 nitrogen and oxygen atoms in total. The van der Waals surface area contributed by atoms with E-state index in [1.165, 1.54) is 12.0 Å². The summed E-state index contributed by atoms with van der Waals surface area (Å²) in [6.07, 6.45) is 0. The number of amides is 1. The minimum absolute atomic E-state index is 0.166. The number of rotatable bonds is 6. The monoisotopic (exact) mass is 409 g/mol. The van der Waals surface area contributed by atoms with Crippen molar-refractivity contribution in [3.8, 4) is 11.8 Å². The molecule has 0 saturated carbocycles. The highest BCUT2D eigenvalue weighted by Crippen LogP contribution is 2.13. The maximum atomic E-state index is 12.4. The second-order valence-electron chi connectivity index (χ2n) is 6.30. The quantitative estimate of drug-likeness (QED) is 0.319. The fraction of sp³-hybridized carbons (Fsp3) is 0.227. The van der Waals surface area contributed by atoms with E-state index in [0.29, 0.717) is 11.3 Å². The van der Waals surface area contributed by atoms with Crippen molar-refractivity contribution in [3.63, 3.8) is 0 Å². The molecule has 1 unspecified atom stereocenters. The summed E-state index contributed by atoms with van der Waals surface area (Å²) in [6.45, 7) is 1.94. The number of benzene rings is 2. The Morgan fingerprint density at radius 1 is 1.14 bits per heavy atom. The van der Waals surface area contributed by atoms with E-state index >= 15 is 0 Å². The Bertz CT molecular complexity index is 988. The number of likely N-dealkylation sites (N-methyl/N-ethyl adjacent to an activating group) is 1. The van der Waals surface area contributed by atoms with Gasteiger partial charge in [0.05, 0.1) is 0 Å². The number of hydrogen-bond acceptors (Lipinski definition) is 5. The largest absolute Gasteiger partial charge is 0.398 e. The lowest BCUT2D eigenvalue weighted by Crippen LogP contribution is -2.31. The molecule has 0 aliphatic rings. The maximum absolute atomic E-state index is 12.4. The fourth-order valence-corrected chi connectivity index (χ4v) is 2.67. The molecular formula is C22H24N3O3P. The molecule has 150 valence electrons. The Morgan fingerprint density at radius 3 is 2.59 bits per heavy atom. The van der Waals surface area contributed by atoms with Gasteiger partial charge < -0.3 is 14.6 Å². The number of carbonyl (C=O) groups excluding carboxylic acids is 1. The lowest BCUT2D eigenvalue weighted by molar-refractivity contribution is -0.121. The van der Waals surface area contributed by atoms with Crippen LogP contribution >= 0.6 is 9.24 Å².